The maximum absolute atomic E-state index is 11.4. The number of nitrogens with zero attached hydrogens (tertiary/aromatic N) is 2. The van der Waals surface area contributed by atoms with Gasteiger partial charge in [-0.25, -0.2) is 0 Å². The third-order valence-electron chi connectivity index (χ3n) is 3.22. The highest BCUT2D eigenvalue weighted by Crippen LogP contribution is 2.33. The van der Waals surface area contributed by atoms with Gasteiger partial charge >= 0.3 is 0 Å². The van der Waals surface area contributed by atoms with Crippen LogP contribution in [0.1, 0.15) is 40.0 Å². The SMILES string of the molecule is CCC1[C@@H](CC)C[C@@H](C#N)N1C(C)=O. The lowest BCUT2D eigenvalue weighted by molar-refractivity contribution is -0.131. The Morgan fingerprint density at radius 3 is 2.50 bits per heavy atom. The smallest absolute Gasteiger partial charge is 0.220 e. The molecular formula is C11H18N2O. The molecule has 14 heavy (non-hydrogen) atoms. The molecule has 0 aromatic heterocycles. The van der Waals surface area contributed by atoms with Crippen LogP contribution in [-0.2, 0) is 4.79 Å². The van der Waals surface area contributed by atoms with E-state index in [0.717, 1.165) is 19.3 Å². The first-order chi connectivity index (χ1) is 6.65. The van der Waals surface area contributed by atoms with Crippen molar-refractivity contribution in [1.29, 1.82) is 5.26 Å². The third-order valence-corrected chi connectivity index (χ3v) is 3.22. The minimum Gasteiger partial charge on any atom is -0.324 e. The van der Waals surface area contributed by atoms with Crippen molar-refractivity contribution in [1.82, 2.24) is 4.90 Å². The van der Waals surface area contributed by atoms with Gasteiger partial charge in [0.05, 0.1) is 6.07 Å². The molecule has 1 unspecified atom stereocenters. The van der Waals surface area contributed by atoms with Gasteiger partial charge in [-0.3, -0.25) is 4.79 Å². The maximum Gasteiger partial charge on any atom is 0.220 e. The van der Waals surface area contributed by atoms with E-state index < -0.39 is 0 Å². The average Bonchev–Trinajstić information content (AvgIpc) is 2.54. The van der Waals surface area contributed by atoms with Crippen LogP contribution in [-0.4, -0.2) is 22.9 Å². The molecule has 0 N–H and O–H groups in total. The number of nitriles is 1. The number of amides is 1. The lowest BCUT2D eigenvalue weighted by atomic mass is 9.95. The molecule has 1 aliphatic rings. The van der Waals surface area contributed by atoms with Gasteiger partial charge in [0.2, 0.25) is 5.91 Å². The predicted molar refractivity (Wildman–Crippen MR) is 54.4 cm³/mol. The molecule has 3 atom stereocenters. The molecule has 1 rings (SSSR count). The van der Waals surface area contributed by atoms with Crippen LogP contribution in [0.3, 0.4) is 0 Å². The Bertz CT molecular complexity index is 257. The zero-order valence-corrected chi connectivity index (χ0v) is 9.16. The first-order valence-electron chi connectivity index (χ1n) is 5.34. The van der Waals surface area contributed by atoms with E-state index in [1.54, 1.807) is 11.8 Å². The molecular weight excluding hydrogens is 176 g/mol. The minimum atomic E-state index is -0.192. The van der Waals surface area contributed by atoms with Crippen LogP contribution in [0.5, 0.6) is 0 Å². The molecule has 0 aromatic rings. The summed E-state index contributed by atoms with van der Waals surface area (Å²) in [6, 6.07) is 2.32. The normalized spacial score (nSPS) is 31.6. The number of rotatable bonds is 2. The highest BCUT2D eigenvalue weighted by Gasteiger charge is 2.40. The number of likely N-dealkylation sites (tertiary alicyclic amines) is 1. The van der Waals surface area contributed by atoms with Gasteiger partial charge in [0.25, 0.3) is 0 Å². The molecule has 0 bridgehead atoms. The van der Waals surface area contributed by atoms with Crippen molar-refractivity contribution < 1.29 is 4.79 Å². The zero-order valence-electron chi connectivity index (χ0n) is 9.16. The van der Waals surface area contributed by atoms with Crippen LogP contribution in [0.15, 0.2) is 0 Å². The van der Waals surface area contributed by atoms with Gasteiger partial charge in [-0.2, -0.15) is 5.26 Å². The van der Waals surface area contributed by atoms with E-state index in [1.165, 1.54) is 0 Å². The van der Waals surface area contributed by atoms with Crippen LogP contribution >= 0.6 is 0 Å². The molecule has 1 fully saturated rings. The molecule has 78 valence electrons. The first kappa shape index (κ1) is 11.0. The van der Waals surface area contributed by atoms with E-state index >= 15 is 0 Å². The molecule has 1 amide bonds. The molecule has 0 aliphatic carbocycles. The maximum atomic E-state index is 11.4. The summed E-state index contributed by atoms with van der Waals surface area (Å²) in [7, 11) is 0. The van der Waals surface area contributed by atoms with E-state index in [-0.39, 0.29) is 18.0 Å². The molecule has 3 heteroatoms. The van der Waals surface area contributed by atoms with E-state index in [0.29, 0.717) is 5.92 Å². The van der Waals surface area contributed by atoms with Crippen LogP contribution in [0.2, 0.25) is 0 Å². The summed E-state index contributed by atoms with van der Waals surface area (Å²) < 4.78 is 0. The van der Waals surface area contributed by atoms with Crippen molar-refractivity contribution in [3.8, 4) is 6.07 Å². The molecule has 0 saturated carbocycles. The summed E-state index contributed by atoms with van der Waals surface area (Å²) in [5.41, 5.74) is 0. The van der Waals surface area contributed by atoms with E-state index in [2.05, 4.69) is 19.9 Å². The first-order valence-corrected chi connectivity index (χ1v) is 5.34. The van der Waals surface area contributed by atoms with Gasteiger partial charge < -0.3 is 4.90 Å². The number of carbonyl (C=O) groups is 1. The van der Waals surface area contributed by atoms with Crippen molar-refractivity contribution in [2.45, 2.75) is 52.1 Å². The summed E-state index contributed by atoms with van der Waals surface area (Å²) in [5, 5.41) is 8.97. The van der Waals surface area contributed by atoms with Crippen molar-refractivity contribution in [2.75, 3.05) is 0 Å². The van der Waals surface area contributed by atoms with Crippen LogP contribution in [0, 0.1) is 17.2 Å². The highest BCUT2D eigenvalue weighted by molar-refractivity contribution is 5.74. The lowest BCUT2D eigenvalue weighted by Crippen LogP contribution is -2.40. The second-order valence-electron chi connectivity index (χ2n) is 3.95. The monoisotopic (exact) mass is 194 g/mol. The number of carbonyl (C=O) groups excluding carboxylic acids is 1. The predicted octanol–water partition coefficient (Wildman–Crippen LogP) is 1.94. The molecule has 0 radical (unpaired) electrons. The molecule has 1 aliphatic heterocycles. The fourth-order valence-electron chi connectivity index (χ4n) is 2.55. The van der Waals surface area contributed by atoms with E-state index in [1.807, 2.05) is 0 Å². The van der Waals surface area contributed by atoms with E-state index in [9.17, 15) is 4.79 Å². The largest absolute Gasteiger partial charge is 0.324 e. The highest BCUT2D eigenvalue weighted by atomic mass is 16.2. The lowest BCUT2D eigenvalue weighted by Gasteiger charge is -2.27. The molecule has 3 nitrogen and oxygen atoms in total. The Hall–Kier alpha value is -1.04. The second kappa shape index (κ2) is 4.45. The summed E-state index contributed by atoms with van der Waals surface area (Å²) in [6.07, 6.45) is 2.86. The topological polar surface area (TPSA) is 44.1 Å². The van der Waals surface area contributed by atoms with E-state index in [4.69, 9.17) is 5.26 Å². The van der Waals surface area contributed by atoms with Crippen molar-refractivity contribution in [3.05, 3.63) is 0 Å². The quantitative estimate of drug-likeness (QED) is 0.674. The minimum absolute atomic E-state index is 0.0411. The average molecular weight is 194 g/mol. The van der Waals surface area contributed by atoms with Gasteiger partial charge in [-0.1, -0.05) is 20.3 Å². The Morgan fingerprint density at radius 1 is 1.50 bits per heavy atom. The second-order valence-corrected chi connectivity index (χ2v) is 3.95. The van der Waals surface area contributed by atoms with Crippen LogP contribution < -0.4 is 0 Å². The number of hydrogen-bond donors (Lipinski definition) is 0. The standard InChI is InChI=1S/C11H18N2O/c1-4-9-6-10(7-12)13(8(3)14)11(9)5-2/h9-11H,4-6H2,1-3H3/t9-,10-,11?/m0/s1. The molecule has 1 heterocycles. The Labute approximate surface area is 85.7 Å². The number of hydrogen-bond acceptors (Lipinski definition) is 2. The summed E-state index contributed by atoms with van der Waals surface area (Å²) in [4.78, 5) is 13.2. The van der Waals surface area contributed by atoms with Crippen LogP contribution in [0.25, 0.3) is 0 Å². The molecule has 0 aromatic carbocycles. The van der Waals surface area contributed by atoms with Gasteiger partial charge in [0.1, 0.15) is 6.04 Å². The summed E-state index contributed by atoms with van der Waals surface area (Å²) in [5.74, 6) is 0.549. The molecule has 1 saturated heterocycles. The van der Waals surface area contributed by atoms with Crippen LogP contribution in [0.4, 0.5) is 0 Å². The fourth-order valence-corrected chi connectivity index (χ4v) is 2.55. The Balaban J connectivity index is 2.87. The van der Waals surface area contributed by atoms with Gasteiger partial charge in [-0.05, 0) is 18.8 Å². The summed E-state index contributed by atoms with van der Waals surface area (Å²) >= 11 is 0. The third kappa shape index (κ3) is 1.75. The van der Waals surface area contributed by atoms with Crippen molar-refractivity contribution in [3.63, 3.8) is 0 Å². The van der Waals surface area contributed by atoms with Crippen molar-refractivity contribution in [2.24, 2.45) is 5.92 Å². The Kier molecular flexibility index (Phi) is 3.51. The fraction of sp³-hybridized carbons (Fsp3) is 0.818. The van der Waals surface area contributed by atoms with Gasteiger partial charge in [-0.15, -0.1) is 0 Å². The Morgan fingerprint density at radius 2 is 2.14 bits per heavy atom. The van der Waals surface area contributed by atoms with Gasteiger partial charge in [0.15, 0.2) is 0 Å². The molecule has 0 spiro atoms. The van der Waals surface area contributed by atoms with Crippen molar-refractivity contribution >= 4 is 5.91 Å². The zero-order chi connectivity index (χ0) is 10.7. The summed E-state index contributed by atoms with van der Waals surface area (Å²) in [6.45, 7) is 5.78. The van der Waals surface area contributed by atoms with Gasteiger partial charge in [0, 0.05) is 13.0 Å².